The van der Waals surface area contributed by atoms with E-state index < -0.39 is 10.0 Å². The third-order valence-corrected chi connectivity index (χ3v) is 9.48. The second-order valence-corrected chi connectivity index (χ2v) is 12.2. The Morgan fingerprint density at radius 1 is 0.949 bits per heavy atom. The van der Waals surface area contributed by atoms with Crippen LogP contribution in [0.1, 0.15) is 25.7 Å². The van der Waals surface area contributed by atoms with Gasteiger partial charge in [0.2, 0.25) is 15.8 Å². The van der Waals surface area contributed by atoms with E-state index in [-0.39, 0.29) is 35.4 Å². The Labute approximate surface area is 231 Å². The first-order valence-corrected chi connectivity index (χ1v) is 14.9. The third kappa shape index (κ3) is 5.11. The summed E-state index contributed by atoms with van der Waals surface area (Å²) < 4.78 is 36.0. The van der Waals surface area contributed by atoms with E-state index in [1.807, 2.05) is 11.0 Å². The molecular formula is C28H28ClN5O4S. The van der Waals surface area contributed by atoms with Crippen LogP contribution >= 0.6 is 11.6 Å². The summed E-state index contributed by atoms with van der Waals surface area (Å²) in [7, 11) is -3.69. The maximum absolute atomic E-state index is 13.6. The number of rotatable bonds is 6. The van der Waals surface area contributed by atoms with Crippen LogP contribution in [0.2, 0.25) is 5.02 Å². The lowest BCUT2D eigenvalue weighted by molar-refractivity contribution is 0.205. The average Bonchev–Trinajstić information content (AvgIpc) is 3.47. The van der Waals surface area contributed by atoms with Gasteiger partial charge in [-0.25, -0.2) is 8.42 Å². The number of halogens is 1. The highest BCUT2D eigenvalue weighted by Gasteiger charge is 2.31. The highest BCUT2D eigenvalue weighted by Crippen LogP contribution is 2.31. The molecule has 1 saturated carbocycles. The van der Waals surface area contributed by atoms with Crippen molar-refractivity contribution in [3.05, 3.63) is 82.4 Å². The van der Waals surface area contributed by atoms with Crippen molar-refractivity contribution in [3.63, 3.8) is 0 Å². The van der Waals surface area contributed by atoms with Gasteiger partial charge in [-0.05, 0) is 68.1 Å². The number of fused-ring (bicyclic) bond motifs is 1. The molecule has 2 aromatic carbocycles. The summed E-state index contributed by atoms with van der Waals surface area (Å²) in [6, 6.07) is 15.6. The molecular weight excluding hydrogens is 538 g/mol. The fraction of sp³-hybridized carbons (Fsp3) is 0.321. The van der Waals surface area contributed by atoms with Crippen molar-refractivity contribution >= 4 is 38.2 Å². The van der Waals surface area contributed by atoms with Gasteiger partial charge in [-0.1, -0.05) is 23.7 Å². The molecule has 0 unspecified atom stereocenters. The number of sulfonamides is 1. The fourth-order valence-corrected chi connectivity index (χ4v) is 6.91. The second-order valence-electron chi connectivity index (χ2n) is 9.83. The number of piperazine rings is 1. The van der Waals surface area contributed by atoms with Gasteiger partial charge >= 0.3 is 5.56 Å². The van der Waals surface area contributed by atoms with Crippen LogP contribution in [0.25, 0.3) is 16.6 Å². The van der Waals surface area contributed by atoms with Crippen LogP contribution in [-0.4, -0.2) is 59.8 Å². The van der Waals surface area contributed by atoms with Gasteiger partial charge in [-0.2, -0.15) is 14.1 Å². The number of pyridine rings is 1. The van der Waals surface area contributed by atoms with Crippen LogP contribution in [0.3, 0.4) is 0 Å². The number of ether oxygens (including phenoxy) is 1. The van der Waals surface area contributed by atoms with Crippen LogP contribution in [-0.2, 0) is 10.0 Å². The summed E-state index contributed by atoms with van der Waals surface area (Å²) in [5.74, 6) is 0.246. The van der Waals surface area contributed by atoms with E-state index in [2.05, 4.69) is 10.1 Å². The molecule has 2 fully saturated rings. The van der Waals surface area contributed by atoms with E-state index >= 15 is 0 Å². The van der Waals surface area contributed by atoms with Crippen molar-refractivity contribution in [2.24, 2.45) is 0 Å². The minimum Gasteiger partial charge on any atom is -0.483 e. The van der Waals surface area contributed by atoms with Crippen LogP contribution in [0, 0.1) is 0 Å². The Balaban J connectivity index is 1.27. The van der Waals surface area contributed by atoms with Gasteiger partial charge in [-0.3, -0.25) is 9.78 Å². The number of aromatic nitrogens is 3. The maximum Gasteiger partial charge on any atom is 0.316 e. The fourth-order valence-electron chi connectivity index (χ4n) is 5.26. The van der Waals surface area contributed by atoms with E-state index in [1.54, 1.807) is 60.9 Å². The lowest BCUT2D eigenvalue weighted by Crippen LogP contribution is -2.49. The number of anilines is 1. The summed E-state index contributed by atoms with van der Waals surface area (Å²) in [5, 5.41) is 5.71. The summed E-state index contributed by atoms with van der Waals surface area (Å²) in [6.45, 7) is 1.34. The summed E-state index contributed by atoms with van der Waals surface area (Å²) in [6.07, 6.45) is 7.20. The van der Waals surface area contributed by atoms with Gasteiger partial charge in [-0.15, -0.1) is 0 Å². The van der Waals surface area contributed by atoms with E-state index in [9.17, 15) is 13.2 Å². The summed E-state index contributed by atoms with van der Waals surface area (Å²) in [5.41, 5.74) is 1.52. The van der Waals surface area contributed by atoms with E-state index in [0.29, 0.717) is 29.5 Å². The number of benzene rings is 2. The average molecular weight is 566 g/mol. The SMILES string of the molecule is O=c1c(OC2CCCC2)c(N2CCN(S(=O)(=O)c3ccc4ncccc4c3)CC2)cnn1-c1cccc(Cl)c1. The predicted molar refractivity (Wildman–Crippen MR) is 150 cm³/mol. The molecule has 0 atom stereocenters. The zero-order chi connectivity index (χ0) is 27.0. The van der Waals surface area contributed by atoms with Crippen molar-refractivity contribution in [3.8, 4) is 11.4 Å². The Kier molecular flexibility index (Phi) is 7.01. The molecule has 3 heterocycles. The molecule has 9 nitrogen and oxygen atoms in total. The third-order valence-electron chi connectivity index (χ3n) is 7.35. The Bertz CT molecular complexity index is 1680. The van der Waals surface area contributed by atoms with E-state index in [1.165, 1.54) is 8.99 Å². The molecule has 2 aliphatic rings. The molecule has 0 radical (unpaired) electrons. The maximum atomic E-state index is 13.6. The molecule has 0 spiro atoms. The smallest absolute Gasteiger partial charge is 0.316 e. The number of nitrogens with zero attached hydrogens (tertiary/aromatic N) is 5. The standard InChI is InChI=1S/C28H28ClN5O4S/c29-21-6-3-7-22(18-21)34-28(35)27(38-23-8-1-2-9-23)26(19-31-34)32-13-15-33(16-14-32)39(36,37)24-10-11-25-20(17-24)5-4-12-30-25/h3-7,10-12,17-19,23H,1-2,8-9,13-16H2. The first kappa shape index (κ1) is 25.8. The minimum absolute atomic E-state index is 0.0317. The molecule has 2 aromatic heterocycles. The van der Waals surface area contributed by atoms with Crippen molar-refractivity contribution in [2.75, 3.05) is 31.1 Å². The molecule has 6 rings (SSSR count). The molecule has 1 aliphatic carbocycles. The van der Waals surface area contributed by atoms with Crippen molar-refractivity contribution in [1.29, 1.82) is 0 Å². The lowest BCUT2D eigenvalue weighted by Gasteiger charge is -2.36. The second kappa shape index (κ2) is 10.6. The van der Waals surface area contributed by atoms with Gasteiger partial charge in [0.1, 0.15) is 5.69 Å². The molecule has 4 aromatic rings. The van der Waals surface area contributed by atoms with Gasteiger partial charge in [0, 0.05) is 42.8 Å². The largest absolute Gasteiger partial charge is 0.483 e. The number of hydrogen-bond donors (Lipinski definition) is 0. The van der Waals surface area contributed by atoms with Gasteiger partial charge in [0.05, 0.1) is 28.4 Å². The number of hydrogen-bond acceptors (Lipinski definition) is 7. The van der Waals surface area contributed by atoms with Crippen LogP contribution in [0.4, 0.5) is 5.69 Å². The van der Waals surface area contributed by atoms with Crippen LogP contribution in [0.15, 0.2) is 76.7 Å². The van der Waals surface area contributed by atoms with Gasteiger partial charge in [0.15, 0.2) is 0 Å². The van der Waals surface area contributed by atoms with Crippen molar-refractivity contribution in [1.82, 2.24) is 19.1 Å². The first-order chi connectivity index (χ1) is 18.9. The molecule has 11 heteroatoms. The highest BCUT2D eigenvalue weighted by atomic mass is 35.5. The normalized spacial score (nSPS) is 17.1. The summed E-state index contributed by atoms with van der Waals surface area (Å²) in [4.78, 5) is 20.1. The first-order valence-electron chi connectivity index (χ1n) is 13.0. The lowest BCUT2D eigenvalue weighted by atomic mass is 10.2. The molecule has 0 bridgehead atoms. The molecule has 1 aliphatic heterocycles. The van der Waals surface area contributed by atoms with Crippen molar-refractivity contribution < 1.29 is 13.2 Å². The molecule has 0 amide bonds. The zero-order valence-corrected chi connectivity index (χ0v) is 22.8. The zero-order valence-electron chi connectivity index (χ0n) is 21.2. The molecule has 39 heavy (non-hydrogen) atoms. The summed E-state index contributed by atoms with van der Waals surface area (Å²) >= 11 is 6.16. The van der Waals surface area contributed by atoms with Gasteiger partial charge in [0.25, 0.3) is 0 Å². The van der Waals surface area contributed by atoms with Crippen LogP contribution < -0.4 is 15.2 Å². The molecule has 1 saturated heterocycles. The predicted octanol–water partition coefficient (Wildman–Crippen LogP) is 4.27. The van der Waals surface area contributed by atoms with Crippen molar-refractivity contribution in [2.45, 2.75) is 36.7 Å². The Morgan fingerprint density at radius 2 is 1.74 bits per heavy atom. The van der Waals surface area contributed by atoms with Crippen LogP contribution in [0.5, 0.6) is 5.75 Å². The van der Waals surface area contributed by atoms with Gasteiger partial charge < -0.3 is 9.64 Å². The monoisotopic (exact) mass is 565 g/mol. The topological polar surface area (TPSA) is 97.6 Å². The highest BCUT2D eigenvalue weighted by molar-refractivity contribution is 7.89. The van der Waals surface area contributed by atoms with E-state index in [4.69, 9.17) is 16.3 Å². The quantitative estimate of drug-likeness (QED) is 0.344. The minimum atomic E-state index is -3.69. The van der Waals surface area contributed by atoms with E-state index in [0.717, 1.165) is 36.6 Å². The molecule has 202 valence electrons. The molecule has 0 N–H and O–H groups in total. The Morgan fingerprint density at radius 3 is 2.51 bits per heavy atom. The Hall–Kier alpha value is -3.47.